The minimum absolute atomic E-state index is 0.151. The molecule has 0 aliphatic rings. The number of aliphatic carboxylic acids is 1. The van der Waals surface area contributed by atoms with Gasteiger partial charge in [-0.1, -0.05) is 0 Å². The third-order valence-corrected chi connectivity index (χ3v) is 1.46. The van der Waals surface area contributed by atoms with Gasteiger partial charge in [-0.05, 0) is 6.92 Å². The topological polar surface area (TPSA) is 68.0 Å². The van der Waals surface area contributed by atoms with Crippen LogP contribution in [0.2, 0.25) is 0 Å². The fraction of sp³-hybridized carbons (Fsp3) is 0.500. The third-order valence-electron chi connectivity index (χ3n) is 1.46. The summed E-state index contributed by atoms with van der Waals surface area (Å²) < 4.78 is 26.5. The van der Waals surface area contributed by atoms with E-state index in [9.17, 15) is 13.6 Å². The van der Waals surface area contributed by atoms with Gasteiger partial charge in [-0.3, -0.25) is 0 Å². The summed E-state index contributed by atoms with van der Waals surface area (Å²) in [5.74, 6) is -7.05. The molecule has 0 fully saturated rings. The second-order valence-electron chi connectivity index (χ2n) is 2.28. The maximum absolute atomic E-state index is 12.8. The lowest BCUT2D eigenvalue weighted by Crippen LogP contribution is -2.29. The van der Waals surface area contributed by atoms with Crippen LogP contribution in [0.15, 0.2) is 6.33 Å². The zero-order valence-electron chi connectivity index (χ0n) is 6.74. The van der Waals surface area contributed by atoms with E-state index in [2.05, 4.69) is 10.1 Å². The summed E-state index contributed by atoms with van der Waals surface area (Å²) in [5, 5.41) is 11.6. The average molecular weight is 191 g/mol. The number of carboxylic acid groups (broad SMARTS) is 1. The molecule has 1 rings (SSSR count). The summed E-state index contributed by atoms with van der Waals surface area (Å²) in [5.41, 5.74) is 0. The fourth-order valence-electron chi connectivity index (χ4n) is 0.834. The van der Waals surface area contributed by atoms with E-state index in [1.54, 1.807) is 6.92 Å². The van der Waals surface area contributed by atoms with Crippen LogP contribution in [-0.4, -0.2) is 25.8 Å². The molecule has 1 heterocycles. The van der Waals surface area contributed by atoms with Crippen LogP contribution in [0.5, 0.6) is 0 Å². The number of carbonyl (C=O) groups is 1. The van der Waals surface area contributed by atoms with Gasteiger partial charge in [-0.15, -0.1) is 0 Å². The Morgan fingerprint density at radius 2 is 2.38 bits per heavy atom. The van der Waals surface area contributed by atoms with Crippen molar-refractivity contribution < 1.29 is 18.7 Å². The van der Waals surface area contributed by atoms with Crippen LogP contribution in [-0.2, 0) is 17.3 Å². The summed E-state index contributed by atoms with van der Waals surface area (Å²) >= 11 is 0. The summed E-state index contributed by atoms with van der Waals surface area (Å²) in [4.78, 5) is 13.4. The van der Waals surface area contributed by atoms with Crippen molar-refractivity contribution in [1.29, 1.82) is 0 Å². The first-order valence-electron chi connectivity index (χ1n) is 3.49. The molecule has 0 spiro atoms. The fourth-order valence-corrected chi connectivity index (χ4v) is 0.834. The number of carboxylic acids is 1. The number of hydrogen-bond donors (Lipinski definition) is 1. The van der Waals surface area contributed by atoms with Crippen molar-refractivity contribution in [2.75, 3.05) is 0 Å². The number of rotatable bonds is 3. The number of aryl methyl sites for hydroxylation is 1. The minimum atomic E-state index is -3.98. The minimum Gasteiger partial charge on any atom is -0.476 e. The monoisotopic (exact) mass is 191 g/mol. The van der Waals surface area contributed by atoms with Crippen molar-refractivity contribution in [3.63, 3.8) is 0 Å². The van der Waals surface area contributed by atoms with E-state index in [1.807, 2.05) is 0 Å². The van der Waals surface area contributed by atoms with E-state index in [0.717, 1.165) is 11.0 Å². The molecule has 1 aromatic rings. The van der Waals surface area contributed by atoms with Crippen LogP contribution < -0.4 is 0 Å². The molecule has 1 N–H and O–H groups in total. The van der Waals surface area contributed by atoms with Gasteiger partial charge in [0, 0.05) is 6.54 Å². The predicted octanol–water partition coefficient (Wildman–Crippen LogP) is 0.474. The van der Waals surface area contributed by atoms with Gasteiger partial charge in [-0.25, -0.2) is 14.5 Å². The van der Waals surface area contributed by atoms with Gasteiger partial charge in [-0.2, -0.15) is 13.9 Å². The van der Waals surface area contributed by atoms with Gasteiger partial charge in [0.25, 0.3) is 0 Å². The Morgan fingerprint density at radius 3 is 2.85 bits per heavy atom. The van der Waals surface area contributed by atoms with E-state index in [4.69, 9.17) is 5.11 Å². The smallest absolute Gasteiger partial charge is 0.400 e. The molecule has 7 heteroatoms. The molecule has 0 amide bonds. The molecule has 0 aliphatic heterocycles. The van der Waals surface area contributed by atoms with Gasteiger partial charge in [0.15, 0.2) is 0 Å². The van der Waals surface area contributed by atoms with Crippen molar-refractivity contribution in [2.24, 2.45) is 0 Å². The van der Waals surface area contributed by atoms with Gasteiger partial charge in [0.1, 0.15) is 6.33 Å². The van der Waals surface area contributed by atoms with E-state index in [0.29, 0.717) is 0 Å². The van der Waals surface area contributed by atoms with Crippen LogP contribution in [0.4, 0.5) is 8.78 Å². The van der Waals surface area contributed by atoms with Crippen molar-refractivity contribution >= 4 is 5.97 Å². The van der Waals surface area contributed by atoms with Crippen molar-refractivity contribution in [1.82, 2.24) is 14.8 Å². The SMILES string of the molecule is CCn1ncnc1C(F)(F)C(=O)O. The predicted molar refractivity (Wildman–Crippen MR) is 37.2 cm³/mol. The van der Waals surface area contributed by atoms with E-state index in [1.165, 1.54) is 0 Å². The molecule has 0 aromatic carbocycles. The molecule has 5 nitrogen and oxygen atoms in total. The molecule has 72 valence electrons. The van der Waals surface area contributed by atoms with Gasteiger partial charge < -0.3 is 5.11 Å². The molecule has 0 atom stereocenters. The van der Waals surface area contributed by atoms with Gasteiger partial charge >= 0.3 is 11.9 Å². The maximum atomic E-state index is 12.8. The van der Waals surface area contributed by atoms with Crippen molar-refractivity contribution in [3.8, 4) is 0 Å². The van der Waals surface area contributed by atoms with Crippen molar-refractivity contribution in [3.05, 3.63) is 12.2 Å². The summed E-state index contributed by atoms with van der Waals surface area (Å²) in [6, 6.07) is 0. The first kappa shape index (κ1) is 9.56. The summed E-state index contributed by atoms with van der Waals surface area (Å²) in [6.07, 6.45) is 0.898. The molecule has 0 unspecified atom stereocenters. The van der Waals surface area contributed by atoms with Crippen LogP contribution in [0.25, 0.3) is 0 Å². The summed E-state index contributed by atoms with van der Waals surface area (Å²) in [7, 11) is 0. The zero-order valence-corrected chi connectivity index (χ0v) is 6.74. The average Bonchev–Trinajstić information content (AvgIpc) is 2.51. The Hall–Kier alpha value is -1.53. The number of alkyl halides is 2. The number of nitrogens with zero attached hydrogens (tertiary/aromatic N) is 3. The molecular formula is C6H7F2N3O2. The molecule has 0 bridgehead atoms. The molecule has 0 aliphatic carbocycles. The van der Waals surface area contributed by atoms with E-state index in [-0.39, 0.29) is 6.54 Å². The highest BCUT2D eigenvalue weighted by Gasteiger charge is 2.45. The first-order valence-corrected chi connectivity index (χ1v) is 3.49. The number of hydrogen-bond acceptors (Lipinski definition) is 3. The Bertz CT molecular complexity index is 323. The van der Waals surface area contributed by atoms with Crippen molar-refractivity contribution in [2.45, 2.75) is 19.4 Å². The first-order chi connectivity index (χ1) is 6.00. The molecule has 0 saturated heterocycles. The highest BCUT2D eigenvalue weighted by molar-refractivity contribution is 5.75. The number of aromatic nitrogens is 3. The van der Waals surface area contributed by atoms with Crippen LogP contribution in [0.3, 0.4) is 0 Å². The zero-order chi connectivity index (χ0) is 10.1. The Morgan fingerprint density at radius 1 is 1.77 bits per heavy atom. The van der Waals surface area contributed by atoms with Gasteiger partial charge in [0.05, 0.1) is 0 Å². The Labute approximate surface area is 72.0 Å². The highest BCUT2D eigenvalue weighted by Crippen LogP contribution is 2.25. The molecular weight excluding hydrogens is 184 g/mol. The Balaban J connectivity index is 3.13. The van der Waals surface area contributed by atoms with Crippen LogP contribution >= 0.6 is 0 Å². The molecule has 13 heavy (non-hydrogen) atoms. The normalized spacial score (nSPS) is 11.6. The largest absolute Gasteiger partial charge is 0.476 e. The van der Waals surface area contributed by atoms with Crippen LogP contribution in [0, 0.1) is 0 Å². The lowest BCUT2D eigenvalue weighted by atomic mass is 10.3. The Kier molecular flexibility index (Phi) is 2.26. The third kappa shape index (κ3) is 1.49. The molecule has 0 saturated carbocycles. The van der Waals surface area contributed by atoms with Gasteiger partial charge in [0.2, 0.25) is 5.82 Å². The highest BCUT2D eigenvalue weighted by atomic mass is 19.3. The summed E-state index contributed by atoms with van der Waals surface area (Å²) in [6.45, 7) is 1.72. The molecule has 1 aromatic heterocycles. The lowest BCUT2D eigenvalue weighted by molar-refractivity contribution is -0.168. The number of halogens is 2. The second kappa shape index (κ2) is 3.08. The maximum Gasteiger partial charge on any atom is 0.400 e. The second-order valence-corrected chi connectivity index (χ2v) is 2.28. The van der Waals surface area contributed by atoms with E-state index >= 15 is 0 Å². The standard InChI is InChI=1S/C6H7F2N3O2/c1-2-11-4(9-3-10-11)6(7,8)5(12)13/h3H,2H2,1H3,(H,12,13). The quantitative estimate of drug-likeness (QED) is 0.754. The molecule has 0 radical (unpaired) electrons. The van der Waals surface area contributed by atoms with Crippen LogP contribution in [0.1, 0.15) is 12.7 Å². The van der Waals surface area contributed by atoms with E-state index < -0.39 is 17.7 Å². The lowest BCUT2D eigenvalue weighted by Gasteiger charge is -2.10.